The van der Waals surface area contributed by atoms with E-state index < -0.39 is 38.2 Å². The summed E-state index contributed by atoms with van der Waals surface area (Å²) in [7, 11) is -7.58. The molecular formula is C20H43N3O3S2Si2. The number of aromatic nitrogens is 1. The molecule has 6 nitrogen and oxygen atoms in total. The molecule has 1 heterocycles. The Morgan fingerprint density at radius 1 is 1.07 bits per heavy atom. The third-order valence-corrected chi connectivity index (χ3v) is 20.3. The molecule has 0 aliphatic carbocycles. The first-order valence-corrected chi connectivity index (χ1v) is 18.6. The van der Waals surface area contributed by atoms with Crippen LogP contribution in [0, 0.1) is 0 Å². The third kappa shape index (κ3) is 6.23. The Morgan fingerprint density at radius 3 is 1.90 bits per heavy atom. The van der Waals surface area contributed by atoms with E-state index in [-0.39, 0.29) is 10.1 Å². The Labute approximate surface area is 190 Å². The van der Waals surface area contributed by atoms with E-state index >= 15 is 0 Å². The van der Waals surface area contributed by atoms with E-state index in [2.05, 4.69) is 72.7 Å². The number of thiazole rings is 1. The van der Waals surface area contributed by atoms with Crippen LogP contribution in [-0.2, 0) is 19.9 Å². The smallest absolute Gasteiger partial charge is 0.195 e. The van der Waals surface area contributed by atoms with Gasteiger partial charge in [0.25, 0.3) is 0 Å². The number of rotatable bonds is 6. The Bertz CT molecular complexity index is 883. The second kappa shape index (κ2) is 8.35. The van der Waals surface area contributed by atoms with Gasteiger partial charge in [0, 0.05) is 0 Å². The van der Waals surface area contributed by atoms with Crippen molar-refractivity contribution in [2.75, 3.05) is 0 Å². The molecular weight excluding hydrogens is 451 g/mol. The summed E-state index contributed by atoms with van der Waals surface area (Å²) in [5.41, 5.74) is -0.627. The maximum Gasteiger partial charge on any atom is 0.195 e. The molecule has 0 aliphatic rings. The number of hydrogen-bond donors (Lipinski definition) is 2. The molecule has 0 radical (unpaired) electrons. The van der Waals surface area contributed by atoms with Crippen molar-refractivity contribution >= 4 is 37.8 Å². The Balaban J connectivity index is 3.68. The maximum atomic E-state index is 13.8. The fourth-order valence-corrected chi connectivity index (χ4v) is 10.2. The molecule has 3 N–H and O–H groups in total. The van der Waals surface area contributed by atoms with E-state index in [0.29, 0.717) is 14.9 Å². The van der Waals surface area contributed by atoms with Crippen molar-refractivity contribution < 1.29 is 13.7 Å². The number of aliphatic hydroxyl groups is 1. The minimum atomic E-state index is -3.19. The standard InChI is InChI=1S/C20H43N3O3S2Si2/c1-14(26-30(12,13)19(5,6)7)15-16(27-17(22-15)20(8,9)24)28(21,25)23-29(10,11)18(2,3)4/h14,24H,1-13H3,(H2,21,23,25). The van der Waals surface area contributed by atoms with Gasteiger partial charge < -0.3 is 9.53 Å². The molecule has 0 amide bonds. The summed E-state index contributed by atoms with van der Waals surface area (Å²) in [5, 5.41) is 17.4. The van der Waals surface area contributed by atoms with Gasteiger partial charge in [-0.25, -0.2) is 14.3 Å². The first kappa shape index (κ1) is 27.9. The van der Waals surface area contributed by atoms with Gasteiger partial charge >= 0.3 is 0 Å². The van der Waals surface area contributed by atoms with E-state index in [4.69, 9.17) is 13.6 Å². The van der Waals surface area contributed by atoms with E-state index in [0.717, 1.165) is 0 Å². The normalized spacial score (nSPS) is 17.6. The van der Waals surface area contributed by atoms with Crippen molar-refractivity contribution in [2.24, 2.45) is 9.17 Å². The Hall–Kier alpha value is -0.106. The number of nitrogens with two attached hydrogens (primary N) is 1. The maximum absolute atomic E-state index is 13.8. The fraction of sp³-hybridized carbons (Fsp3) is 0.850. The average Bonchev–Trinajstić information content (AvgIpc) is 2.89. The van der Waals surface area contributed by atoms with Crippen molar-refractivity contribution in [3.8, 4) is 0 Å². The fourth-order valence-electron chi connectivity index (χ4n) is 2.24. The van der Waals surface area contributed by atoms with Crippen molar-refractivity contribution in [1.82, 2.24) is 4.98 Å². The highest BCUT2D eigenvalue weighted by atomic mass is 32.2. The van der Waals surface area contributed by atoms with E-state index in [1.54, 1.807) is 13.8 Å². The van der Waals surface area contributed by atoms with E-state index in [1.807, 2.05) is 6.92 Å². The molecule has 30 heavy (non-hydrogen) atoms. The van der Waals surface area contributed by atoms with Crippen LogP contribution in [0.3, 0.4) is 0 Å². The van der Waals surface area contributed by atoms with Gasteiger partial charge in [0.1, 0.15) is 24.7 Å². The molecule has 2 atom stereocenters. The molecule has 0 saturated carbocycles. The highest BCUT2D eigenvalue weighted by molar-refractivity contribution is 7.94. The highest BCUT2D eigenvalue weighted by Crippen LogP contribution is 2.43. The van der Waals surface area contributed by atoms with Crippen LogP contribution in [0.15, 0.2) is 8.24 Å². The third-order valence-electron chi connectivity index (χ3n) is 6.27. The second-order valence-electron chi connectivity index (χ2n) is 11.7. The Kier molecular flexibility index (Phi) is 7.77. The molecule has 0 spiro atoms. The van der Waals surface area contributed by atoms with Crippen molar-refractivity contribution in [3.63, 3.8) is 0 Å². The van der Waals surface area contributed by atoms with Crippen molar-refractivity contribution in [3.05, 3.63) is 10.7 Å². The quantitative estimate of drug-likeness (QED) is 0.464. The zero-order chi connectivity index (χ0) is 24.1. The van der Waals surface area contributed by atoms with Gasteiger partial charge in [-0.15, -0.1) is 11.3 Å². The largest absolute Gasteiger partial charge is 0.409 e. The predicted octanol–water partition coefficient (Wildman–Crippen LogP) is 6.16. The lowest BCUT2D eigenvalue weighted by Crippen LogP contribution is -2.41. The van der Waals surface area contributed by atoms with Crippen LogP contribution in [0.5, 0.6) is 0 Å². The second-order valence-corrected chi connectivity index (χ2v) is 24.6. The van der Waals surface area contributed by atoms with Crippen LogP contribution in [0.4, 0.5) is 0 Å². The topological polar surface area (TPSA) is 97.8 Å². The van der Waals surface area contributed by atoms with Gasteiger partial charge in [0.2, 0.25) is 0 Å². The Morgan fingerprint density at radius 2 is 1.53 bits per heavy atom. The van der Waals surface area contributed by atoms with Crippen LogP contribution < -0.4 is 5.14 Å². The van der Waals surface area contributed by atoms with Gasteiger partial charge in [-0.3, -0.25) is 4.03 Å². The molecule has 1 rings (SSSR count). The van der Waals surface area contributed by atoms with Gasteiger partial charge in [-0.2, -0.15) is 0 Å². The molecule has 0 fully saturated rings. The molecule has 0 bridgehead atoms. The molecule has 1 aromatic heterocycles. The molecule has 176 valence electrons. The minimum absolute atomic E-state index is 0.0200. The van der Waals surface area contributed by atoms with Crippen LogP contribution in [0.25, 0.3) is 0 Å². The van der Waals surface area contributed by atoms with E-state index in [1.165, 1.54) is 11.3 Å². The van der Waals surface area contributed by atoms with Gasteiger partial charge in [0.05, 0.1) is 11.8 Å². The zero-order valence-corrected chi connectivity index (χ0v) is 24.8. The number of nitrogens with zero attached hydrogens (tertiary/aromatic N) is 2. The van der Waals surface area contributed by atoms with Crippen LogP contribution in [-0.4, -0.2) is 30.9 Å². The van der Waals surface area contributed by atoms with Crippen molar-refractivity contribution in [1.29, 1.82) is 0 Å². The minimum Gasteiger partial charge on any atom is -0.409 e. The monoisotopic (exact) mass is 493 g/mol. The first-order valence-electron chi connectivity index (χ1n) is 10.4. The van der Waals surface area contributed by atoms with Gasteiger partial charge in [-0.1, -0.05) is 41.5 Å². The SMILES string of the molecule is CC(O[Si](C)(C)C(C)(C)C)c1nc(C(C)(C)O)sc1S(N)(=O)=N[Si](C)(C)C(C)(C)C. The lowest BCUT2D eigenvalue weighted by atomic mass is 10.1. The number of hydrogen-bond acceptors (Lipinski definition) is 6. The summed E-state index contributed by atoms with van der Waals surface area (Å²) in [5.74, 6) is 0. The summed E-state index contributed by atoms with van der Waals surface area (Å²) in [4.78, 5) is 4.67. The van der Waals surface area contributed by atoms with Crippen LogP contribution >= 0.6 is 11.3 Å². The lowest BCUT2D eigenvalue weighted by molar-refractivity contribution is 0.0776. The van der Waals surface area contributed by atoms with Crippen LogP contribution in [0.1, 0.15) is 79.1 Å². The first-order chi connectivity index (χ1) is 12.9. The average molecular weight is 494 g/mol. The summed E-state index contributed by atoms with van der Waals surface area (Å²) < 4.78 is 25.5. The zero-order valence-electron chi connectivity index (χ0n) is 21.1. The molecule has 0 aliphatic heterocycles. The summed E-state index contributed by atoms with van der Waals surface area (Å²) in [6.07, 6.45) is -0.396. The van der Waals surface area contributed by atoms with Gasteiger partial charge in [-0.05, 0) is 57.0 Å². The van der Waals surface area contributed by atoms with Crippen LogP contribution in [0.2, 0.25) is 36.3 Å². The molecule has 0 saturated heterocycles. The summed E-state index contributed by atoms with van der Waals surface area (Å²) in [6, 6.07) is 0. The van der Waals surface area contributed by atoms with E-state index in [9.17, 15) is 9.32 Å². The molecule has 0 aromatic carbocycles. The molecule has 1 aromatic rings. The molecule has 2 unspecified atom stereocenters. The van der Waals surface area contributed by atoms with Crippen molar-refractivity contribution in [2.45, 2.75) is 114 Å². The van der Waals surface area contributed by atoms with Gasteiger partial charge in [0.15, 0.2) is 16.6 Å². The summed E-state index contributed by atoms with van der Waals surface area (Å²) >= 11 is 1.19. The lowest BCUT2D eigenvalue weighted by Gasteiger charge is -2.38. The summed E-state index contributed by atoms with van der Waals surface area (Å²) in [6.45, 7) is 26.6. The predicted molar refractivity (Wildman–Crippen MR) is 134 cm³/mol. The highest BCUT2D eigenvalue weighted by Gasteiger charge is 2.41. The molecule has 10 heteroatoms.